The Kier molecular flexibility index (Phi) is 3.03. The van der Waals surface area contributed by atoms with Gasteiger partial charge in [0.05, 0.1) is 4.47 Å². The van der Waals surface area contributed by atoms with Crippen molar-refractivity contribution in [2.24, 2.45) is 0 Å². The normalized spacial score (nSPS) is 11.4. The summed E-state index contributed by atoms with van der Waals surface area (Å²) in [6.07, 6.45) is 4.03. The second kappa shape index (κ2) is 4.83. The highest BCUT2D eigenvalue weighted by atomic mass is 79.9. The van der Waals surface area contributed by atoms with E-state index in [2.05, 4.69) is 28.1 Å². The van der Waals surface area contributed by atoms with Crippen molar-refractivity contribution in [3.8, 4) is 0 Å². The van der Waals surface area contributed by atoms with Gasteiger partial charge in [0, 0.05) is 5.39 Å². The predicted octanol–water partition coefficient (Wildman–Crippen LogP) is 5.37. The minimum atomic E-state index is 0.847. The van der Waals surface area contributed by atoms with E-state index >= 15 is 0 Å². The van der Waals surface area contributed by atoms with E-state index in [1.54, 1.807) is 0 Å². The molecule has 0 unspecified atom stereocenters. The van der Waals surface area contributed by atoms with Crippen LogP contribution in [0.4, 0.5) is 0 Å². The number of hydrogen-bond donors (Lipinski definition) is 0. The van der Waals surface area contributed by atoms with Gasteiger partial charge in [0.1, 0.15) is 11.3 Å². The summed E-state index contributed by atoms with van der Waals surface area (Å²) < 4.78 is 6.79. The lowest BCUT2D eigenvalue weighted by Crippen LogP contribution is -1.69. The highest BCUT2D eigenvalue weighted by molar-refractivity contribution is 9.10. The van der Waals surface area contributed by atoms with Gasteiger partial charge in [-0.15, -0.1) is 0 Å². The van der Waals surface area contributed by atoms with Crippen LogP contribution in [0.3, 0.4) is 0 Å². The molecule has 1 nitrogen and oxygen atoms in total. The van der Waals surface area contributed by atoms with Crippen molar-refractivity contribution >= 4 is 39.1 Å². The Morgan fingerprint density at radius 2 is 1.56 bits per heavy atom. The molecular formula is C16H11BrO. The van der Waals surface area contributed by atoms with E-state index in [1.165, 1.54) is 0 Å². The topological polar surface area (TPSA) is 13.1 Å². The van der Waals surface area contributed by atoms with Gasteiger partial charge in [-0.3, -0.25) is 0 Å². The van der Waals surface area contributed by atoms with Crippen molar-refractivity contribution in [3.63, 3.8) is 0 Å². The Morgan fingerprint density at radius 3 is 2.33 bits per heavy atom. The molecule has 2 aromatic carbocycles. The van der Waals surface area contributed by atoms with Crippen LogP contribution in [0.5, 0.6) is 0 Å². The highest BCUT2D eigenvalue weighted by Gasteiger charge is 2.07. The molecule has 0 bridgehead atoms. The fraction of sp³-hybridized carbons (Fsp3) is 0. The number of hydrogen-bond acceptors (Lipinski definition) is 1. The van der Waals surface area contributed by atoms with Crippen LogP contribution >= 0.6 is 15.9 Å². The van der Waals surface area contributed by atoms with Crippen LogP contribution in [0.2, 0.25) is 0 Å². The number of benzene rings is 2. The number of para-hydroxylation sites is 1. The van der Waals surface area contributed by atoms with Crippen molar-refractivity contribution in [1.29, 1.82) is 0 Å². The SMILES string of the molecule is Brc1c(/C=C/c2ccccc2)oc2ccccc12. The Hall–Kier alpha value is -1.80. The quantitative estimate of drug-likeness (QED) is 0.620. The monoisotopic (exact) mass is 298 g/mol. The van der Waals surface area contributed by atoms with Crippen LogP contribution in [0.15, 0.2) is 63.5 Å². The zero-order chi connectivity index (χ0) is 12.4. The third kappa shape index (κ3) is 2.12. The molecular weight excluding hydrogens is 288 g/mol. The van der Waals surface area contributed by atoms with Crippen LogP contribution in [0.1, 0.15) is 11.3 Å². The van der Waals surface area contributed by atoms with Gasteiger partial charge in [-0.1, -0.05) is 48.5 Å². The molecule has 18 heavy (non-hydrogen) atoms. The molecule has 0 saturated heterocycles. The minimum absolute atomic E-state index is 0.847. The lowest BCUT2D eigenvalue weighted by molar-refractivity contribution is 0.602. The van der Waals surface area contributed by atoms with Crippen LogP contribution < -0.4 is 0 Å². The third-order valence-electron chi connectivity index (χ3n) is 2.79. The van der Waals surface area contributed by atoms with Gasteiger partial charge in [-0.2, -0.15) is 0 Å². The number of furan rings is 1. The average Bonchev–Trinajstić information content (AvgIpc) is 2.75. The molecule has 0 aliphatic rings. The molecule has 0 fully saturated rings. The van der Waals surface area contributed by atoms with Gasteiger partial charge >= 0.3 is 0 Å². The molecule has 2 heteroatoms. The van der Waals surface area contributed by atoms with Gasteiger partial charge in [-0.25, -0.2) is 0 Å². The summed E-state index contributed by atoms with van der Waals surface area (Å²) in [4.78, 5) is 0. The second-order valence-electron chi connectivity index (χ2n) is 4.02. The molecule has 0 amide bonds. The molecule has 3 aromatic rings. The third-order valence-corrected chi connectivity index (χ3v) is 3.60. The Balaban J connectivity index is 2.00. The predicted molar refractivity (Wildman–Crippen MR) is 79.3 cm³/mol. The maximum Gasteiger partial charge on any atom is 0.142 e. The average molecular weight is 299 g/mol. The minimum Gasteiger partial charge on any atom is -0.455 e. The summed E-state index contributed by atoms with van der Waals surface area (Å²) in [5.41, 5.74) is 2.06. The molecule has 0 atom stereocenters. The smallest absolute Gasteiger partial charge is 0.142 e. The first-order valence-electron chi connectivity index (χ1n) is 5.75. The van der Waals surface area contributed by atoms with E-state index in [1.807, 2.05) is 54.6 Å². The molecule has 1 aromatic heterocycles. The maximum absolute atomic E-state index is 5.79. The van der Waals surface area contributed by atoms with Crippen molar-refractivity contribution in [2.45, 2.75) is 0 Å². The van der Waals surface area contributed by atoms with Crippen molar-refractivity contribution in [1.82, 2.24) is 0 Å². The van der Waals surface area contributed by atoms with Gasteiger partial charge < -0.3 is 4.42 Å². The van der Waals surface area contributed by atoms with Gasteiger partial charge in [0.15, 0.2) is 0 Å². The van der Waals surface area contributed by atoms with Gasteiger partial charge in [-0.05, 0) is 39.7 Å². The highest BCUT2D eigenvalue weighted by Crippen LogP contribution is 2.31. The lowest BCUT2D eigenvalue weighted by atomic mass is 10.2. The van der Waals surface area contributed by atoms with E-state index in [0.717, 1.165) is 26.8 Å². The summed E-state index contributed by atoms with van der Waals surface area (Å²) in [5.74, 6) is 0.847. The molecule has 0 spiro atoms. The fourth-order valence-electron chi connectivity index (χ4n) is 1.88. The van der Waals surface area contributed by atoms with Crippen LogP contribution in [-0.4, -0.2) is 0 Å². The van der Waals surface area contributed by atoms with Crippen LogP contribution in [0, 0.1) is 0 Å². The molecule has 1 heterocycles. The van der Waals surface area contributed by atoms with Crippen LogP contribution in [-0.2, 0) is 0 Å². The van der Waals surface area contributed by atoms with Crippen molar-refractivity contribution < 1.29 is 4.42 Å². The first-order chi connectivity index (χ1) is 8.84. The fourth-order valence-corrected chi connectivity index (χ4v) is 2.42. The number of halogens is 1. The van der Waals surface area contributed by atoms with Crippen molar-refractivity contribution in [3.05, 3.63) is 70.4 Å². The van der Waals surface area contributed by atoms with Gasteiger partial charge in [0.25, 0.3) is 0 Å². The van der Waals surface area contributed by atoms with E-state index in [-0.39, 0.29) is 0 Å². The summed E-state index contributed by atoms with van der Waals surface area (Å²) in [5, 5.41) is 1.10. The second-order valence-corrected chi connectivity index (χ2v) is 4.81. The Morgan fingerprint density at radius 1 is 0.833 bits per heavy atom. The molecule has 0 aliphatic carbocycles. The Labute approximate surface area is 114 Å². The summed E-state index contributed by atoms with van der Waals surface area (Å²) in [6, 6.07) is 18.2. The van der Waals surface area contributed by atoms with Crippen LogP contribution in [0.25, 0.3) is 23.1 Å². The molecule has 0 saturated carbocycles. The summed E-state index contributed by atoms with van der Waals surface area (Å²) in [7, 11) is 0. The van der Waals surface area contributed by atoms with E-state index in [0.29, 0.717) is 0 Å². The van der Waals surface area contributed by atoms with E-state index in [9.17, 15) is 0 Å². The largest absolute Gasteiger partial charge is 0.455 e. The van der Waals surface area contributed by atoms with E-state index in [4.69, 9.17) is 4.42 Å². The van der Waals surface area contributed by atoms with Gasteiger partial charge in [0.2, 0.25) is 0 Å². The standard InChI is InChI=1S/C16H11BrO/c17-16-13-8-4-5-9-14(13)18-15(16)11-10-12-6-2-1-3-7-12/h1-11H/b11-10+. The molecule has 3 rings (SSSR count). The molecule has 0 radical (unpaired) electrons. The zero-order valence-corrected chi connectivity index (χ0v) is 11.2. The number of fused-ring (bicyclic) bond motifs is 1. The zero-order valence-electron chi connectivity index (χ0n) is 9.64. The summed E-state index contributed by atoms with van der Waals surface area (Å²) in [6.45, 7) is 0. The molecule has 88 valence electrons. The first kappa shape index (κ1) is 11.3. The lowest BCUT2D eigenvalue weighted by Gasteiger charge is -1.91. The van der Waals surface area contributed by atoms with E-state index < -0.39 is 0 Å². The molecule has 0 N–H and O–H groups in total. The van der Waals surface area contributed by atoms with Crippen molar-refractivity contribution in [2.75, 3.05) is 0 Å². The Bertz CT molecular complexity index is 695. The number of rotatable bonds is 2. The summed E-state index contributed by atoms with van der Waals surface area (Å²) >= 11 is 3.58. The molecule has 0 aliphatic heterocycles. The first-order valence-corrected chi connectivity index (χ1v) is 6.54. The maximum atomic E-state index is 5.79.